The van der Waals surface area contributed by atoms with E-state index in [0.29, 0.717) is 17.7 Å². The first-order valence-corrected chi connectivity index (χ1v) is 4.78. The summed E-state index contributed by atoms with van der Waals surface area (Å²) >= 11 is 5.76. The van der Waals surface area contributed by atoms with Crippen molar-refractivity contribution in [3.63, 3.8) is 0 Å². The Bertz CT molecular complexity index is 404. The summed E-state index contributed by atoms with van der Waals surface area (Å²) in [4.78, 5) is 23.1. The van der Waals surface area contributed by atoms with E-state index in [-0.39, 0.29) is 16.7 Å². The second kappa shape index (κ2) is 2.70. The van der Waals surface area contributed by atoms with Crippen molar-refractivity contribution in [2.24, 2.45) is 5.41 Å². The summed E-state index contributed by atoms with van der Waals surface area (Å²) in [7, 11) is 0. The van der Waals surface area contributed by atoms with Crippen LogP contribution in [0.15, 0.2) is 22.4 Å². The molecule has 0 fully saturated rings. The predicted octanol–water partition coefficient (Wildman–Crippen LogP) is 1.49. The maximum absolute atomic E-state index is 11.9. The molecular formula is C10H10ClNO2. The summed E-state index contributed by atoms with van der Waals surface area (Å²) in [6.07, 6.45) is 2.49. The van der Waals surface area contributed by atoms with Crippen LogP contribution >= 0.6 is 11.6 Å². The molecule has 1 N–H and O–H groups in total. The molecule has 1 aliphatic carbocycles. The van der Waals surface area contributed by atoms with E-state index in [1.165, 1.54) is 0 Å². The average Bonchev–Trinajstić information content (AvgIpc) is 2.38. The summed E-state index contributed by atoms with van der Waals surface area (Å²) < 4.78 is 0. The fourth-order valence-electron chi connectivity index (χ4n) is 1.63. The van der Waals surface area contributed by atoms with Gasteiger partial charge in [-0.25, -0.2) is 0 Å². The van der Waals surface area contributed by atoms with Crippen LogP contribution in [-0.2, 0) is 9.59 Å². The number of carbonyl (C=O) groups is 2. The number of fused-ring (bicyclic) bond motifs is 1. The highest BCUT2D eigenvalue weighted by atomic mass is 35.5. The van der Waals surface area contributed by atoms with Crippen LogP contribution in [-0.4, -0.2) is 11.7 Å². The highest BCUT2D eigenvalue weighted by Gasteiger charge is 2.41. The molecule has 0 aromatic rings. The van der Waals surface area contributed by atoms with Gasteiger partial charge in [0.25, 0.3) is 5.91 Å². The fourth-order valence-corrected chi connectivity index (χ4v) is 1.87. The third-order valence-electron chi connectivity index (χ3n) is 2.59. The van der Waals surface area contributed by atoms with Gasteiger partial charge in [-0.05, 0) is 6.42 Å². The summed E-state index contributed by atoms with van der Waals surface area (Å²) in [6, 6.07) is 0. The van der Waals surface area contributed by atoms with Crippen molar-refractivity contribution < 1.29 is 9.59 Å². The lowest BCUT2D eigenvalue weighted by molar-refractivity contribution is -0.123. The molecule has 14 heavy (non-hydrogen) atoms. The van der Waals surface area contributed by atoms with Crippen LogP contribution in [0.1, 0.15) is 20.3 Å². The molecule has 0 saturated heterocycles. The maximum atomic E-state index is 11.9. The van der Waals surface area contributed by atoms with Crippen molar-refractivity contribution in [3.8, 4) is 0 Å². The molecule has 0 radical (unpaired) electrons. The van der Waals surface area contributed by atoms with E-state index in [9.17, 15) is 9.59 Å². The third kappa shape index (κ3) is 1.12. The Balaban J connectivity index is 2.58. The quantitative estimate of drug-likeness (QED) is 0.660. The maximum Gasteiger partial charge on any atom is 0.268 e. The Labute approximate surface area is 86.8 Å². The monoisotopic (exact) mass is 211 g/mol. The molecule has 1 heterocycles. The predicted molar refractivity (Wildman–Crippen MR) is 52.5 cm³/mol. The number of hydrogen-bond donors (Lipinski definition) is 1. The largest absolute Gasteiger partial charge is 0.321 e. The van der Waals surface area contributed by atoms with Gasteiger partial charge in [0.2, 0.25) is 0 Å². The first-order valence-electron chi connectivity index (χ1n) is 4.40. The molecule has 0 aromatic heterocycles. The van der Waals surface area contributed by atoms with Gasteiger partial charge in [0, 0.05) is 11.1 Å². The van der Waals surface area contributed by atoms with E-state index in [1.807, 2.05) is 19.9 Å². The molecule has 0 aromatic carbocycles. The lowest BCUT2D eigenvalue weighted by atomic mass is 9.76. The zero-order valence-electron chi connectivity index (χ0n) is 7.98. The molecule has 0 unspecified atom stereocenters. The zero-order valence-corrected chi connectivity index (χ0v) is 8.73. The number of halogens is 1. The number of amides is 1. The van der Waals surface area contributed by atoms with Crippen LogP contribution in [0.5, 0.6) is 0 Å². The standard InChI is InChI=1S/C10H10ClNO2/c1-10(2)4-3-5-6(8(10)13)7(11)9(14)12-5/h3H,4H2,1-2H3,(H,12,14). The summed E-state index contributed by atoms with van der Waals surface area (Å²) in [5, 5.41) is 2.59. The number of hydrogen-bond acceptors (Lipinski definition) is 2. The van der Waals surface area contributed by atoms with Crippen molar-refractivity contribution in [1.29, 1.82) is 0 Å². The molecule has 0 spiro atoms. The average molecular weight is 212 g/mol. The van der Waals surface area contributed by atoms with Crippen molar-refractivity contribution in [2.45, 2.75) is 20.3 Å². The van der Waals surface area contributed by atoms with E-state index in [1.54, 1.807) is 0 Å². The van der Waals surface area contributed by atoms with E-state index >= 15 is 0 Å². The number of ketones is 1. The van der Waals surface area contributed by atoms with Gasteiger partial charge in [-0.3, -0.25) is 9.59 Å². The van der Waals surface area contributed by atoms with Crippen LogP contribution < -0.4 is 5.32 Å². The Morgan fingerprint density at radius 3 is 2.71 bits per heavy atom. The minimum Gasteiger partial charge on any atom is -0.321 e. The Morgan fingerprint density at radius 1 is 1.43 bits per heavy atom. The van der Waals surface area contributed by atoms with Crippen molar-refractivity contribution in [1.82, 2.24) is 5.32 Å². The van der Waals surface area contributed by atoms with Gasteiger partial charge in [-0.1, -0.05) is 31.5 Å². The number of rotatable bonds is 0. The summed E-state index contributed by atoms with van der Waals surface area (Å²) in [6.45, 7) is 3.70. The second-order valence-electron chi connectivity index (χ2n) is 4.18. The lowest BCUT2D eigenvalue weighted by Gasteiger charge is -2.26. The molecule has 2 aliphatic rings. The zero-order chi connectivity index (χ0) is 10.5. The summed E-state index contributed by atoms with van der Waals surface area (Å²) in [5.41, 5.74) is 0.475. The Kier molecular flexibility index (Phi) is 1.83. The molecule has 2 rings (SSSR count). The van der Waals surface area contributed by atoms with E-state index in [2.05, 4.69) is 5.32 Å². The topological polar surface area (TPSA) is 46.2 Å². The van der Waals surface area contributed by atoms with Gasteiger partial charge in [0.15, 0.2) is 5.78 Å². The smallest absolute Gasteiger partial charge is 0.268 e. The molecule has 1 aliphatic heterocycles. The molecule has 0 bridgehead atoms. The first kappa shape index (κ1) is 9.46. The van der Waals surface area contributed by atoms with Crippen molar-refractivity contribution in [2.75, 3.05) is 0 Å². The fraction of sp³-hybridized carbons (Fsp3) is 0.400. The van der Waals surface area contributed by atoms with Crippen LogP contribution in [0.25, 0.3) is 0 Å². The SMILES string of the molecule is CC1(C)CC=C2NC(=O)C(Cl)=C2C1=O. The highest BCUT2D eigenvalue weighted by Crippen LogP contribution is 2.38. The van der Waals surface area contributed by atoms with Gasteiger partial charge in [-0.2, -0.15) is 0 Å². The molecule has 0 atom stereocenters. The molecule has 1 amide bonds. The Hall–Kier alpha value is -1.09. The Morgan fingerprint density at radius 2 is 2.07 bits per heavy atom. The van der Waals surface area contributed by atoms with Crippen molar-refractivity contribution in [3.05, 3.63) is 22.4 Å². The lowest BCUT2D eigenvalue weighted by Crippen LogP contribution is -2.30. The molecule has 0 saturated carbocycles. The number of nitrogens with one attached hydrogen (secondary N) is 1. The first-order chi connectivity index (χ1) is 6.43. The van der Waals surface area contributed by atoms with Crippen LogP contribution in [0.2, 0.25) is 0 Å². The van der Waals surface area contributed by atoms with Gasteiger partial charge < -0.3 is 5.32 Å². The number of Topliss-reactive ketones (excluding diaryl/α,β-unsaturated/α-hetero) is 1. The third-order valence-corrected chi connectivity index (χ3v) is 2.96. The van der Waals surface area contributed by atoms with Crippen LogP contribution in [0.3, 0.4) is 0 Å². The van der Waals surface area contributed by atoms with Gasteiger partial charge >= 0.3 is 0 Å². The molecule has 3 nitrogen and oxygen atoms in total. The van der Waals surface area contributed by atoms with Gasteiger partial charge in [-0.15, -0.1) is 0 Å². The van der Waals surface area contributed by atoms with E-state index in [4.69, 9.17) is 11.6 Å². The second-order valence-corrected chi connectivity index (χ2v) is 4.56. The molecule has 4 heteroatoms. The van der Waals surface area contributed by atoms with Crippen molar-refractivity contribution >= 4 is 23.3 Å². The number of carbonyl (C=O) groups excluding carboxylic acids is 2. The van der Waals surface area contributed by atoms with Gasteiger partial charge in [0.1, 0.15) is 5.03 Å². The normalized spacial score (nSPS) is 24.6. The number of allylic oxidation sites excluding steroid dienone is 2. The molecular weight excluding hydrogens is 202 g/mol. The van der Waals surface area contributed by atoms with Crippen LogP contribution in [0, 0.1) is 5.41 Å². The van der Waals surface area contributed by atoms with E-state index in [0.717, 1.165) is 0 Å². The van der Waals surface area contributed by atoms with Crippen LogP contribution in [0.4, 0.5) is 0 Å². The van der Waals surface area contributed by atoms with E-state index < -0.39 is 5.41 Å². The minimum absolute atomic E-state index is 0.0222. The highest BCUT2D eigenvalue weighted by molar-refractivity contribution is 6.46. The van der Waals surface area contributed by atoms with Gasteiger partial charge in [0.05, 0.1) is 5.57 Å². The minimum atomic E-state index is -0.453. The summed E-state index contributed by atoms with van der Waals surface area (Å²) in [5.74, 6) is -0.433. The molecule has 74 valence electrons.